The number of ketones is 1. The van der Waals surface area contributed by atoms with E-state index < -0.39 is 0 Å². The van der Waals surface area contributed by atoms with E-state index in [0.29, 0.717) is 12.1 Å². The first kappa shape index (κ1) is 17.0. The molecule has 6 heteroatoms. The predicted octanol–water partition coefficient (Wildman–Crippen LogP) is 2.69. The first-order valence-corrected chi connectivity index (χ1v) is 8.26. The second-order valence-electron chi connectivity index (χ2n) is 6.35. The summed E-state index contributed by atoms with van der Waals surface area (Å²) in [5, 5.41) is 8.07. The van der Waals surface area contributed by atoms with Crippen molar-refractivity contribution in [3.8, 4) is 0 Å². The molecule has 2 aromatic heterocycles. The first-order chi connectivity index (χ1) is 12.0. The van der Waals surface area contributed by atoms with Crippen LogP contribution in [-0.2, 0) is 19.9 Å². The summed E-state index contributed by atoms with van der Waals surface area (Å²) in [5.74, 6) is 1.22. The number of hydrogen-bond acceptors (Lipinski definition) is 5. The van der Waals surface area contributed by atoms with Crippen LogP contribution in [0, 0.1) is 6.92 Å². The third-order valence-corrected chi connectivity index (χ3v) is 4.22. The number of benzene rings is 1. The summed E-state index contributed by atoms with van der Waals surface area (Å²) in [6, 6.07) is 8.14. The van der Waals surface area contributed by atoms with Crippen molar-refractivity contribution in [2.45, 2.75) is 32.6 Å². The van der Waals surface area contributed by atoms with Crippen molar-refractivity contribution in [2.75, 3.05) is 0 Å². The van der Waals surface area contributed by atoms with E-state index in [-0.39, 0.29) is 11.7 Å². The molecule has 0 aliphatic rings. The Bertz CT molecular complexity index is 887. The lowest BCUT2D eigenvalue weighted by Crippen LogP contribution is -2.08. The van der Waals surface area contributed by atoms with Crippen molar-refractivity contribution < 1.29 is 4.79 Å². The Balaban J connectivity index is 1.73. The second-order valence-corrected chi connectivity index (χ2v) is 6.35. The largest absolute Gasteiger partial charge is 0.321 e. The predicted molar refractivity (Wildman–Crippen MR) is 94.4 cm³/mol. The Kier molecular flexibility index (Phi) is 4.97. The van der Waals surface area contributed by atoms with Gasteiger partial charge in [-0.25, -0.2) is 4.98 Å². The second kappa shape index (κ2) is 7.34. The Hall–Kier alpha value is -2.89. The summed E-state index contributed by atoms with van der Waals surface area (Å²) in [4.78, 5) is 20.7. The number of rotatable bonds is 6. The lowest BCUT2D eigenvalue weighted by molar-refractivity contribution is 0.0987. The van der Waals surface area contributed by atoms with Crippen LogP contribution in [0.25, 0.3) is 0 Å². The zero-order chi connectivity index (χ0) is 17.8. The van der Waals surface area contributed by atoms with Crippen LogP contribution in [0.2, 0.25) is 0 Å². The molecule has 0 fully saturated rings. The maximum absolute atomic E-state index is 12.4. The van der Waals surface area contributed by atoms with Gasteiger partial charge in [0.05, 0.1) is 11.9 Å². The van der Waals surface area contributed by atoms with E-state index in [1.165, 1.54) is 11.8 Å². The number of Topliss-reactive ketones (excluding diaryl/α,β-unsaturated/α-hetero) is 1. The van der Waals surface area contributed by atoms with Crippen LogP contribution in [0.3, 0.4) is 0 Å². The zero-order valence-corrected chi connectivity index (χ0v) is 14.7. The van der Waals surface area contributed by atoms with E-state index in [1.54, 1.807) is 12.5 Å². The van der Waals surface area contributed by atoms with Crippen molar-refractivity contribution >= 4 is 5.78 Å². The van der Waals surface area contributed by atoms with Gasteiger partial charge in [-0.15, -0.1) is 10.2 Å². The van der Waals surface area contributed by atoms with Gasteiger partial charge in [-0.05, 0) is 24.0 Å². The first-order valence-electron chi connectivity index (χ1n) is 8.26. The Morgan fingerprint density at radius 3 is 2.84 bits per heavy atom. The normalized spacial score (nSPS) is 12.1. The van der Waals surface area contributed by atoms with Crippen LogP contribution in [0.15, 0.2) is 43.0 Å². The van der Waals surface area contributed by atoms with E-state index in [4.69, 9.17) is 0 Å². The van der Waals surface area contributed by atoms with Gasteiger partial charge < -0.3 is 4.57 Å². The quantitative estimate of drug-likeness (QED) is 0.648. The Labute approximate surface area is 147 Å². The molecule has 0 saturated heterocycles. The molecule has 0 amide bonds. The van der Waals surface area contributed by atoms with E-state index in [9.17, 15) is 4.79 Å². The van der Waals surface area contributed by atoms with Crippen molar-refractivity contribution in [1.29, 1.82) is 0 Å². The highest BCUT2D eigenvalue weighted by Crippen LogP contribution is 2.21. The number of aromatic nitrogens is 5. The summed E-state index contributed by atoms with van der Waals surface area (Å²) in [6.07, 6.45) is 6.00. The van der Waals surface area contributed by atoms with Gasteiger partial charge in [0, 0.05) is 26.1 Å². The van der Waals surface area contributed by atoms with Gasteiger partial charge in [0.2, 0.25) is 0 Å². The molecule has 0 aliphatic carbocycles. The molecular weight excluding hydrogens is 314 g/mol. The highest BCUT2D eigenvalue weighted by molar-refractivity contribution is 5.95. The van der Waals surface area contributed by atoms with Crippen molar-refractivity contribution in [2.24, 2.45) is 7.05 Å². The summed E-state index contributed by atoms with van der Waals surface area (Å²) in [5.41, 5.74) is 3.33. The van der Waals surface area contributed by atoms with Gasteiger partial charge in [0.15, 0.2) is 5.78 Å². The SMILES string of the molecule is Cc1cncc(C(=O)Cc2cccc([C@H](C)Cc3nncn3C)c2)n1. The van der Waals surface area contributed by atoms with Gasteiger partial charge in [-0.2, -0.15) is 0 Å². The lowest BCUT2D eigenvalue weighted by Gasteiger charge is -2.12. The molecule has 25 heavy (non-hydrogen) atoms. The molecule has 0 N–H and O–H groups in total. The molecule has 128 valence electrons. The maximum Gasteiger partial charge on any atom is 0.187 e. The molecule has 0 bridgehead atoms. The number of hydrogen-bond donors (Lipinski definition) is 0. The highest BCUT2D eigenvalue weighted by atomic mass is 16.1. The summed E-state index contributed by atoms with van der Waals surface area (Å²) in [7, 11) is 1.94. The average molecular weight is 335 g/mol. The third-order valence-electron chi connectivity index (χ3n) is 4.22. The maximum atomic E-state index is 12.4. The summed E-state index contributed by atoms with van der Waals surface area (Å²) in [6.45, 7) is 3.99. The summed E-state index contributed by atoms with van der Waals surface area (Å²) >= 11 is 0. The molecule has 1 atom stereocenters. The Morgan fingerprint density at radius 1 is 1.28 bits per heavy atom. The third kappa shape index (κ3) is 4.15. The minimum Gasteiger partial charge on any atom is -0.321 e. The van der Waals surface area contributed by atoms with Crippen molar-refractivity contribution in [3.63, 3.8) is 0 Å². The van der Waals surface area contributed by atoms with Gasteiger partial charge >= 0.3 is 0 Å². The number of aryl methyl sites for hydroxylation is 2. The highest BCUT2D eigenvalue weighted by Gasteiger charge is 2.13. The number of carbonyl (C=O) groups excluding carboxylic acids is 1. The van der Waals surface area contributed by atoms with Crippen LogP contribution < -0.4 is 0 Å². The minimum absolute atomic E-state index is 0.0192. The molecule has 0 aliphatic heterocycles. The smallest absolute Gasteiger partial charge is 0.187 e. The molecule has 1 aromatic carbocycles. The van der Waals surface area contributed by atoms with Crippen molar-refractivity contribution in [1.82, 2.24) is 24.7 Å². The van der Waals surface area contributed by atoms with E-state index in [2.05, 4.69) is 39.2 Å². The van der Waals surface area contributed by atoms with Gasteiger partial charge in [0.25, 0.3) is 0 Å². The fraction of sp³-hybridized carbons (Fsp3) is 0.316. The minimum atomic E-state index is -0.0192. The number of carbonyl (C=O) groups is 1. The molecule has 0 spiro atoms. The van der Waals surface area contributed by atoms with Gasteiger partial charge in [-0.1, -0.05) is 31.2 Å². The summed E-state index contributed by atoms with van der Waals surface area (Å²) < 4.78 is 1.93. The van der Waals surface area contributed by atoms with Crippen LogP contribution in [-0.4, -0.2) is 30.5 Å². The van der Waals surface area contributed by atoms with Crippen molar-refractivity contribution in [3.05, 3.63) is 71.3 Å². The molecule has 3 aromatic rings. The van der Waals surface area contributed by atoms with Crippen LogP contribution in [0.4, 0.5) is 0 Å². The van der Waals surface area contributed by atoms with Gasteiger partial charge in [0.1, 0.15) is 17.8 Å². The van der Waals surface area contributed by atoms with E-state index in [1.807, 2.05) is 30.7 Å². The standard InChI is InChI=1S/C19H21N5O/c1-13(7-19-23-21-12-24(19)3)16-6-4-5-15(8-16)9-18(25)17-11-20-10-14(2)22-17/h4-6,8,10-13H,7,9H2,1-3H3/t13-/m1/s1. The molecule has 6 nitrogen and oxygen atoms in total. The fourth-order valence-electron chi connectivity index (χ4n) is 2.77. The molecule has 3 rings (SSSR count). The fourth-order valence-corrected chi connectivity index (χ4v) is 2.77. The van der Waals surface area contributed by atoms with Crippen LogP contribution in [0.1, 0.15) is 46.0 Å². The molecule has 2 heterocycles. The molecular formula is C19H21N5O. The molecule has 0 unspecified atom stereocenters. The average Bonchev–Trinajstić information content (AvgIpc) is 3.00. The molecule has 0 radical (unpaired) electrons. The zero-order valence-electron chi connectivity index (χ0n) is 14.7. The van der Waals surface area contributed by atoms with Crippen LogP contribution >= 0.6 is 0 Å². The van der Waals surface area contributed by atoms with E-state index >= 15 is 0 Å². The molecule has 0 saturated carbocycles. The number of nitrogens with zero attached hydrogens (tertiary/aromatic N) is 5. The lowest BCUT2D eigenvalue weighted by atomic mass is 9.94. The van der Waals surface area contributed by atoms with Gasteiger partial charge in [-0.3, -0.25) is 9.78 Å². The topological polar surface area (TPSA) is 73.6 Å². The monoisotopic (exact) mass is 335 g/mol. The Morgan fingerprint density at radius 2 is 2.12 bits per heavy atom. The van der Waals surface area contributed by atoms with E-state index in [0.717, 1.165) is 23.5 Å². The van der Waals surface area contributed by atoms with Crippen LogP contribution in [0.5, 0.6) is 0 Å².